The van der Waals surface area contributed by atoms with Gasteiger partial charge in [-0.3, -0.25) is 0 Å². The van der Waals surface area contributed by atoms with Crippen molar-refractivity contribution in [3.05, 3.63) is 0 Å². The van der Waals surface area contributed by atoms with Crippen molar-refractivity contribution >= 4 is 11.8 Å². The Morgan fingerprint density at radius 3 is 3.06 bits per heavy atom. The molecule has 1 rings (SSSR count). The molecule has 0 saturated carbocycles. The maximum absolute atomic E-state index is 5.20. The molecular weight excluding hydrogens is 234 g/mol. The first kappa shape index (κ1) is 14.0. The number of hydrogen-bond acceptors (Lipinski definition) is 5. The second-order valence-corrected chi connectivity index (χ2v) is 5.01. The third kappa shape index (κ3) is 5.71. The van der Waals surface area contributed by atoms with E-state index in [9.17, 15) is 0 Å². The SMILES string of the molecule is C#CCCCSc1nnnn1CCNC(C)C. The third-order valence-corrected chi connectivity index (χ3v) is 3.12. The number of thioether (sulfide) groups is 1. The molecule has 1 N–H and O–H groups in total. The van der Waals surface area contributed by atoms with Crippen LogP contribution >= 0.6 is 11.8 Å². The highest BCUT2D eigenvalue weighted by Gasteiger charge is 2.05. The van der Waals surface area contributed by atoms with E-state index in [1.165, 1.54) is 0 Å². The Balaban J connectivity index is 2.30. The number of nitrogens with one attached hydrogen (secondary N) is 1. The lowest BCUT2D eigenvalue weighted by Crippen LogP contribution is -2.27. The maximum atomic E-state index is 5.20. The smallest absolute Gasteiger partial charge is 0.209 e. The van der Waals surface area contributed by atoms with Gasteiger partial charge in [-0.15, -0.1) is 17.4 Å². The molecule has 0 radical (unpaired) electrons. The fraction of sp³-hybridized carbons (Fsp3) is 0.727. The molecule has 0 unspecified atom stereocenters. The molecule has 17 heavy (non-hydrogen) atoms. The average Bonchev–Trinajstić information content (AvgIpc) is 2.72. The zero-order valence-corrected chi connectivity index (χ0v) is 11.2. The second-order valence-electron chi connectivity index (χ2n) is 3.95. The van der Waals surface area contributed by atoms with Gasteiger partial charge in [-0.1, -0.05) is 25.6 Å². The van der Waals surface area contributed by atoms with Crippen molar-refractivity contribution in [1.82, 2.24) is 25.5 Å². The molecular formula is C11H19N5S. The van der Waals surface area contributed by atoms with E-state index in [2.05, 4.69) is 40.6 Å². The Kier molecular flexibility index (Phi) is 6.67. The van der Waals surface area contributed by atoms with Gasteiger partial charge in [-0.2, -0.15) is 0 Å². The first-order valence-corrected chi connectivity index (χ1v) is 6.78. The summed E-state index contributed by atoms with van der Waals surface area (Å²) in [5.74, 6) is 3.59. The van der Waals surface area contributed by atoms with Crippen LogP contribution in [-0.2, 0) is 6.54 Å². The van der Waals surface area contributed by atoms with E-state index in [0.717, 1.165) is 36.8 Å². The topological polar surface area (TPSA) is 55.6 Å². The number of terminal acetylenes is 1. The van der Waals surface area contributed by atoms with E-state index in [1.807, 2.05) is 4.68 Å². The molecule has 0 aromatic carbocycles. The molecule has 94 valence electrons. The van der Waals surface area contributed by atoms with Gasteiger partial charge in [0, 0.05) is 24.8 Å². The molecule has 0 fully saturated rings. The summed E-state index contributed by atoms with van der Waals surface area (Å²) in [6.45, 7) is 5.91. The van der Waals surface area contributed by atoms with Crippen LogP contribution in [-0.4, -0.2) is 38.5 Å². The number of tetrazole rings is 1. The van der Waals surface area contributed by atoms with Crippen molar-refractivity contribution in [2.24, 2.45) is 0 Å². The first-order chi connectivity index (χ1) is 8.24. The maximum Gasteiger partial charge on any atom is 0.209 e. The van der Waals surface area contributed by atoms with Gasteiger partial charge in [-0.25, -0.2) is 4.68 Å². The van der Waals surface area contributed by atoms with Gasteiger partial charge < -0.3 is 5.32 Å². The summed E-state index contributed by atoms with van der Waals surface area (Å²) in [6.07, 6.45) is 7.01. The predicted molar refractivity (Wildman–Crippen MR) is 69.7 cm³/mol. The summed E-state index contributed by atoms with van der Waals surface area (Å²) in [6, 6.07) is 0.484. The molecule has 0 aliphatic rings. The zero-order chi connectivity index (χ0) is 12.5. The van der Waals surface area contributed by atoms with Crippen LogP contribution in [0.25, 0.3) is 0 Å². The minimum Gasteiger partial charge on any atom is -0.313 e. The van der Waals surface area contributed by atoms with Crippen molar-refractivity contribution < 1.29 is 0 Å². The number of rotatable bonds is 8. The summed E-state index contributed by atoms with van der Waals surface area (Å²) >= 11 is 1.66. The van der Waals surface area contributed by atoms with Crippen molar-refractivity contribution in [1.29, 1.82) is 0 Å². The lowest BCUT2D eigenvalue weighted by atomic mass is 10.4. The number of nitrogens with zero attached hydrogens (tertiary/aromatic N) is 4. The summed E-state index contributed by atoms with van der Waals surface area (Å²) in [7, 11) is 0. The number of hydrogen-bond donors (Lipinski definition) is 1. The molecule has 0 aliphatic heterocycles. The standard InChI is InChI=1S/C11H19N5S/c1-4-5-6-9-17-11-13-14-15-16(11)8-7-12-10(2)3/h1,10,12H,5-9H2,2-3H3. The van der Waals surface area contributed by atoms with Gasteiger partial charge in [-0.05, 0) is 16.8 Å². The van der Waals surface area contributed by atoms with Crippen molar-refractivity contribution in [2.75, 3.05) is 12.3 Å². The molecule has 1 heterocycles. The molecule has 6 heteroatoms. The Bertz CT molecular complexity index is 355. The van der Waals surface area contributed by atoms with E-state index >= 15 is 0 Å². The van der Waals surface area contributed by atoms with Gasteiger partial charge in [0.25, 0.3) is 0 Å². The molecule has 5 nitrogen and oxygen atoms in total. The van der Waals surface area contributed by atoms with Crippen LogP contribution in [0.5, 0.6) is 0 Å². The number of unbranched alkanes of at least 4 members (excludes halogenated alkanes) is 1. The van der Waals surface area contributed by atoms with E-state index in [-0.39, 0.29) is 0 Å². The molecule has 0 saturated heterocycles. The van der Waals surface area contributed by atoms with Crippen LogP contribution in [0.4, 0.5) is 0 Å². The Morgan fingerprint density at radius 1 is 1.53 bits per heavy atom. The van der Waals surface area contributed by atoms with Crippen LogP contribution in [0.2, 0.25) is 0 Å². The highest BCUT2D eigenvalue weighted by atomic mass is 32.2. The van der Waals surface area contributed by atoms with Crippen molar-refractivity contribution in [2.45, 2.75) is 44.4 Å². The highest BCUT2D eigenvalue weighted by molar-refractivity contribution is 7.99. The normalized spacial score (nSPS) is 10.7. The van der Waals surface area contributed by atoms with E-state index in [4.69, 9.17) is 6.42 Å². The van der Waals surface area contributed by atoms with Crippen LogP contribution in [0.1, 0.15) is 26.7 Å². The zero-order valence-electron chi connectivity index (χ0n) is 10.4. The summed E-state index contributed by atoms with van der Waals surface area (Å²) in [5, 5.41) is 15.9. The second kappa shape index (κ2) is 8.09. The van der Waals surface area contributed by atoms with Crippen molar-refractivity contribution in [3.8, 4) is 12.3 Å². The van der Waals surface area contributed by atoms with Gasteiger partial charge in [0.05, 0.1) is 6.54 Å². The van der Waals surface area contributed by atoms with Crippen LogP contribution in [0.3, 0.4) is 0 Å². The monoisotopic (exact) mass is 253 g/mol. The molecule has 0 bridgehead atoms. The third-order valence-electron chi connectivity index (χ3n) is 2.07. The molecule has 0 aliphatic carbocycles. The van der Waals surface area contributed by atoms with Gasteiger partial charge in [0.1, 0.15) is 0 Å². The molecule has 0 spiro atoms. The summed E-state index contributed by atoms with van der Waals surface area (Å²) in [5.41, 5.74) is 0. The summed E-state index contributed by atoms with van der Waals surface area (Å²) < 4.78 is 1.83. The Morgan fingerprint density at radius 2 is 2.35 bits per heavy atom. The minimum atomic E-state index is 0.484. The lowest BCUT2D eigenvalue weighted by molar-refractivity contribution is 0.485. The molecule has 0 amide bonds. The lowest BCUT2D eigenvalue weighted by Gasteiger charge is -2.08. The quantitative estimate of drug-likeness (QED) is 0.428. The average molecular weight is 253 g/mol. The summed E-state index contributed by atoms with van der Waals surface area (Å²) in [4.78, 5) is 0. The fourth-order valence-electron chi connectivity index (χ4n) is 1.24. The number of aromatic nitrogens is 4. The largest absolute Gasteiger partial charge is 0.313 e. The van der Waals surface area contributed by atoms with E-state index < -0.39 is 0 Å². The first-order valence-electron chi connectivity index (χ1n) is 5.80. The van der Waals surface area contributed by atoms with Gasteiger partial charge >= 0.3 is 0 Å². The Labute approximate surface area is 107 Å². The fourth-order valence-corrected chi connectivity index (χ4v) is 2.08. The van der Waals surface area contributed by atoms with Gasteiger partial charge in [0.2, 0.25) is 5.16 Å². The molecule has 1 aromatic rings. The molecule has 0 atom stereocenters. The van der Waals surface area contributed by atoms with Gasteiger partial charge in [0.15, 0.2) is 0 Å². The van der Waals surface area contributed by atoms with Crippen LogP contribution < -0.4 is 5.32 Å². The van der Waals surface area contributed by atoms with E-state index in [0.29, 0.717) is 6.04 Å². The van der Waals surface area contributed by atoms with Crippen molar-refractivity contribution in [3.63, 3.8) is 0 Å². The highest BCUT2D eigenvalue weighted by Crippen LogP contribution is 2.14. The predicted octanol–water partition coefficient (Wildman–Crippen LogP) is 1.18. The molecule has 1 aromatic heterocycles. The van der Waals surface area contributed by atoms with Crippen LogP contribution in [0, 0.1) is 12.3 Å². The van der Waals surface area contributed by atoms with Crippen LogP contribution in [0.15, 0.2) is 5.16 Å². The Hall–Kier alpha value is -1.06. The van der Waals surface area contributed by atoms with E-state index in [1.54, 1.807) is 11.8 Å². The minimum absolute atomic E-state index is 0.484.